The molecule has 0 aromatic carbocycles. The summed E-state index contributed by atoms with van der Waals surface area (Å²) in [5.74, 6) is 0.471. The average molecular weight is 519 g/mol. The normalized spacial score (nSPS) is 25.1. The molecule has 3 aromatic rings. The third-order valence-corrected chi connectivity index (χ3v) is 6.94. The summed E-state index contributed by atoms with van der Waals surface area (Å²) in [5, 5.41) is 15.0. The molecule has 196 valence electrons. The number of alkyl halides is 6. The summed E-state index contributed by atoms with van der Waals surface area (Å²) in [4.78, 5) is 6.08. The van der Waals surface area contributed by atoms with Gasteiger partial charge < -0.3 is 19.4 Å². The van der Waals surface area contributed by atoms with Crippen molar-refractivity contribution in [1.82, 2.24) is 24.8 Å². The molecule has 2 aliphatic rings. The van der Waals surface area contributed by atoms with E-state index in [1.807, 2.05) is 11.8 Å². The molecule has 1 N–H and O–H groups in total. The molecule has 1 aliphatic heterocycles. The zero-order valence-corrected chi connectivity index (χ0v) is 19.4. The number of halogens is 6. The van der Waals surface area contributed by atoms with Gasteiger partial charge in [0.25, 0.3) is 0 Å². The van der Waals surface area contributed by atoms with Gasteiger partial charge in [-0.3, -0.25) is 0 Å². The maximum atomic E-state index is 13.6. The molecule has 5 atom stereocenters. The van der Waals surface area contributed by atoms with Crippen molar-refractivity contribution in [1.29, 1.82) is 0 Å². The Kier molecular flexibility index (Phi) is 5.70. The Morgan fingerprint density at radius 1 is 1.14 bits per heavy atom. The van der Waals surface area contributed by atoms with Crippen molar-refractivity contribution in [2.24, 2.45) is 17.8 Å². The fourth-order valence-electron chi connectivity index (χ4n) is 5.18. The molecule has 0 spiro atoms. The molecule has 0 radical (unpaired) electrons. The Morgan fingerprint density at radius 3 is 2.47 bits per heavy atom. The summed E-state index contributed by atoms with van der Waals surface area (Å²) in [6, 6.07) is 1.71. The van der Waals surface area contributed by atoms with Crippen molar-refractivity contribution in [2.75, 3.05) is 23.3 Å². The first-order valence-corrected chi connectivity index (χ1v) is 11.4. The number of ether oxygens (including phenoxy) is 1. The van der Waals surface area contributed by atoms with Crippen molar-refractivity contribution in [2.45, 2.75) is 51.7 Å². The molecular formula is C21H23F6N7O2. The van der Waals surface area contributed by atoms with E-state index in [0.29, 0.717) is 41.5 Å². The Labute approximate surface area is 200 Å². The van der Waals surface area contributed by atoms with Gasteiger partial charge >= 0.3 is 18.4 Å². The van der Waals surface area contributed by atoms with Gasteiger partial charge in [0, 0.05) is 32.0 Å². The molecule has 9 nitrogen and oxygen atoms in total. The first-order valence-electron chi connectivity index (χ1n) is 11.4. The van der Waals surface area contributed by atoms with Gasteiger partial charge in [-0.05, 0) is 30.9 Å². The molecule has 36 heavy (non-hydrogen) atoms. The quantitative estimate of drug-likeness (QED) is 0.481. The summed E-state index contributed by atoms with van der Waals surface area (Å²) in [6.45, 7) is 5.77. The van der Waals surface area contributed by atoms with Gasteiger partial charge in [-0.1, -0.05) is 18.4 Å². The van der Waals surface area contributed by atoms with E-state index in [1.54, 1.807) is 6.92 Å². The maximum Gasteiger partial charge on any atom is 0.433 e. The molecule has 1 aliphatic carbocycles. The first kappa shape index (κ1) is 24.4. The summed E-state index contributed by atoms with van der Waals surface area (Å²) in [7, 11) is 0. The number of pyridine rings is 1. The van der Waals surface area contributed by atoms with Crippen LogP contribution in [0.15, 0.2) is 16.5 Å². The van der Waals surface area contributed by atoms with Crippen LogP contribution in [0.2, 0.25) is 0 Å². The van der Waals surface area contributed by atoms with Crippen LogP contribution in [0.3, 0.4) is 0 Å². The minimum Gasteiger partial charge on any atom is -0.477 e. The Hall–Kier alpha value is -3.26. The third kappa shape index (κ3) is 4.17. The third-order valence-electron chi connectivity index (χ3n) is 6.94. The largest absolute Gasteiger partial charge is 0.477 e. The Bertz CT molecular complexity index is 1260. The predicted molar refractivity (Wildman–Crippen MR) is 114 cm³/mol. The number of hydrogen-bond donors (Lipinski definition) is 1. The number of rotatable bonds is 6. The van der Waals surface area contributed by atoms with E-state index in [2.05, 4.69) is 25.6 Å². The fourth-order valence-corrected chi connectivity index (χ4v) is 5.18. The monoisotopic (exact) mass is 519 g/mol. The lowest BCUT2D eigenvalue weighted by Gasteiger charge is -2.47. The lowest BCUT2D eigenvalue weighted by molar-refractivity contribution is -0.189. The molecular weight excluding hydrogens is 496 g/mol. The Balaban J connectivity index is 1.43. The number of nitrogens with one attached hydrogen (secondary N) is 1. The summed E-state index contributed by atoms with van der Waals surface area (Å²) in [6.07, 6.45) is -11.0. The van der Waals surface area contributed by atoms with Gasteiger partial charge in [-0.2, -0.15) is 31.3 Å². The lowest BCUT2D eigenvalue weighted by atomic mass is 9.61. The number of aryl methyl sites for hydroxylation is 1. The molecule has 0 amide bonds. The van der Waals surface area contributed by atoms with Crippen LogP contribution in [-0.4, -0.2) is 56.2 Å². The summed E-state index contributed by atoms with van der Waals surface area (Å²) < 4.78 is 90.7. The summed E-state index contributed by atoms with van der Waals surface area (Å²) in [5.41, 5.74) is -1.64. The number of fused-ring (bicyclic) bond motifs is 2. The second kappa shape index (κ2) is 8.40. The van der Waals surface area contributed by atoms with Crippen molar-refractivity contribution < 1.29 is 35.5 Å². The van der Waals surface area contributed by atoms with Crippen molar-refractivity contribution in [3.8, 4) is 5.75 Å². The van der Waals surface area contributed by atoms with E-state index in [1.165, 1.54) is 0 Å². The van der Waals surface area contributed by atoms with E-state index in [-0.39, 0.29) is 23.8 Å². The average Bonchev–Trinajstić information content (AvgIpc) is 3.48. The second-order valence-electron chi connectivity index (χ2n) is 9.13. The van der Waals surface area contributed by atoms with E-state index < -0.39 is 35.5 Å². The molecule has 3 aromatic heterocycles. The highest BCUT2D eigenvalue weighted by Crippen LogP contribution is 2.49. The topological polar surface area (TPSA) is 93.6 Å². The molecule has 2 fully saturated rings. The molecule has 5 rings (SSSR count). The number of hydrogen-bond acceptors (Lipinski definition) is 8. The van der Waals surface area contributed by atoms with E-state index in [0.717, 1.165) is 19.4 Å². The van der Waals surface area contributed by atoms with Crippen LogP contribution in [0.5, 0.6) is 5.75 Å². The molecule has 4 heterocycles. The lowest BCUT2D eigenvalue weighted by Crippen LogP contribution is -2.54. The molecule has 0 bridgehead atoms. The second-order valence-corrected chi connectivity index (χ2v) is 9.13. The first-order chi connectivity index (χ1) is 16.9. The van der Waals surface area contributed by atoms with Crippen LogP contribution in [0, 0.1) is 24.7 Å². The Morgan fingerprint density at radius 2 is 1.86 bits per heavy atom. The number of aromatic nitrogens is 5. The fraction of sp³-hybridized carbons (Fsp3) is 0.619. The predicted octanol–water partition coefficient (Wildman–Crippen LogP) is 4.34. The minimum atomic E-state index is -4.81. The molecule has 2 unspecified atom stereocenters. The maximum absolute atomic E-state index is 13.6. The zero-order chi connectivity index (χ0) is 26.0. The van der Waals surface area contributed by atoms with Crippen LogP contribution >= 0.6 is 0 Å². The summed E-state index contributed by atoms with van der Waals surface area (Å²) >= 11 is 0. The molecule has 1 saturated carbocycles. The van der Waals surface area contributed by atoms with Crippen LogP contribution in [0.1, 0.15) is 31.9 Å². The molecule has 15 heteroatoms. The van der Waals surface area contributed by atoms with Crippen LogP contribution < -0.4 is 15.0 Å². The van der Waals surface area contributed by atoms with E-state index in [4.69, 9.17) is 9.15 Å². The number of nitrogens with zero attached hydrogens (tertiary/aromatic N) is 6. The van der Waals surface area contributed by atoms with Gasteiger partial charge in [0.2, 0.25) is 11.8 Å². The van der Waals surface area contributed by atoms with Crippen LogP contribution in [-0.2, 0) is 6.18 Å². The van der Waals surface area contributed by atoms with Crippen molar-refractivity contribution in [3.05, 3.63) is 23.7 Å². The molecule has 1 saturated heterocycles. The van der Waals surface area contributed by atoms with E-state index >= 15 is 0 Å². The van der Waals surface area contributed by atoms with Crippen molar-refractivity contribution in [3.63, 3.8) is 0 Å². The van der Waals surface area contributed by atoms with Gasteiger partial charge in [-0.15, -0.1) is 10.2 Å². The highest BCUT2D eigenvalue weighted by Gasteiger charge is 2.55. The van der Waals surface area contributed by atoms with Crippen LogP contribution in [0.4, 0.5) is 38.3 Å². The van der Waals surface area contributed by atoms with Gasteiger partial charge in [0.1, 0.15) is 5.69 Å². The van der Waals surface area contributed by atoms with Crippen molar-refractivity contribution >= 4 is 17.6 Å². The van der Waals surface area contributed by atoms with Gasteiger partial charge in [0.05, 0.1) is 0 Å². The zero-order valence-electron chi connectivity index (χ0n) is 19.4. The number of anilines is 2. The minimum absolute atomic E-state index is 0.120. The van der Waals surface area contributed by atoms with Gasteiger partial charge in [0.15, 0.2) is 17.5 Å². The smallest absolute Gasteiger partial charge is 0.433 e. The van der Waals surface area contributed by atoms with E-state index in [9.17, 15) is 26.3 Å². The highest BCUT2D eigenvalue weighted by atomic mass is 19.4. The highest BCUT2D eigenvalue weighted by molar-refractivity contribution is 5.57. The van der Waals surface area contributed by atoms with Gasteiger partial charge in [-0.25, -0.2) is 4.52 Å². The standard InChI is InChI=1S/C21H23F6N7O2/c1-4-11-12-7-33(19-31-30-10(3)36-19)8-13(12)16(11)28-18-29-17-14(35-9(2)20(22,23)24)5-6-15(21(25,26)27)34(17)32-18/h5-6,9,11-13,16H,4,7-8H2,1-3H3,(H,28,32)/t9?,11-,12?,13-,16-/m1/s1. The van der Waals surface area contributed by atoms with Crippen LogP contribution in [0.25, 0.3) is 5.65 Å². The SMILES string of the molecule is CC[C@@H]1C2CN(c3nnc(C)o3)C[C@H]2[C@@H]1Nc1nc2c(OC(C)C(F)(F)F)ccc(C(F)(F)F)n2n1.